The van der Waals surface area contributed by atoms with Crippen molar-refractivity contribution in [1.29, 1.82) is 0 Å². The molecule has 0 saturated heterocycles. The molecule has 4 heteroatoms. The van der Waals surface area contributed by atoms with Crippen molar-refractivity contribution in [2.75, 3.05) is 0 Å². The summed E-state index contributed by atoms with van der Waals surface area (Å²) in [6, 6.07) is 7.94. The number of hydrogen-bond acceptors (Lipinski definition) is 2. The van der Waals surface area contributed by atoms with Crippen LogP contribution in [0.5, 0.6) is 0 Å². The zero-order chi connectivity index (χ0) is 14.1. The van der Waals surface area contributed by atoms with Crippen molar-refractivity contribution in [3.8, 4) is 5.69 Å². The van der Waals surface area contributed by atoms with Crippen LogP contribution in [0.1, 0.15) is 53.2 Å². The number of aromatic nitrogens is 2. The molecule has 0 radical (unpaired) electrons. The maximum absolute atomic E-state index is 11.4. The van der Waals surface area contributed by atoms with Gasteiger partial charge in [0.15, 0.2) is 0 Å². The highest BCUT2D eigenvalue weighted by atomic mass is 16.4. The summed E-state index contributed by atoms with van der Waals surface area (Å²) >= 11 is 0. The third-order valence-electron chi connectivity index (χ3n) is 4.01. The lowest BCUT2D eigenvalue weighted by molar-refractivity contribution is 0.0695. The molecule has 4 nitrogen and oxygen atoms in total. The van der Waals surface area contributed by atoms with Gasteiger partial charge in [0.1, 0.15) is 5.56 Å². The fraction of sp³-hybridized carbons (Fsp3) is 0.375. The van der Waals surface area contributed by atoms with E-state index in [1.807, 2.05) is 31.2 Å². The summed E-state index contributed by atoms with van der Waals surface area (Å²) in [7, 11) is 0. The minimum Gasteiger partial charge on any atom is -0.478 e. The van der Waals surface area contributed by atoms with Crippen LogP contribution in [-0.4, -0.2) is 20.9 Å². The molecule has 0 unspecified atom stereocenters. The van der Waals surface area contributed by atoms with Crippen LogP contribution in [0.15, 0.2) is 30.5 Å². The highest BCUT2D eigenvalue weighted by Gasteiger charge is 2.26. The monoisotopic (exact) mass is 270 g/mol. The fourth-order valence-corrected chi connectivity index (χ4v) is 2.88. The van der Waals surface area contributed by atoms with E-state index >= 15 is 0 Å². The van der Waals surface area contributed by atoms with E-state index in [0.717, 1.165) is 24.2 Å². The first-order valence-electron chi connectivity index (χ1n) is 7.05. The van der Waals surface area contributed by atoms with Crippen molar-refractivity contribution in [3.63, 3.8) is 0 Å². The Kier molecular flexibility index (Phi) is 3.30. The lowest BCUT2D eigenvalue weighted by atomic mass is 10.0. The number of aromatic carboxylic acids is 1. The summed E-state index contributed by atoms with van der Waals surface area (Å²) in [5.74, 6) is -0.585. The Hall–Kier alpha value is -2.10. The predicted octanol–water partition coefficient (Wildman–Crippen LogP) is 3.54. The Bertz CT molecular complexity index is 622. The molecule has 0 bridgehead atoms. The number of carbonyl (C=O) groups is 1. The molecule has 1 saturated carbocycles. The molecule has 3 rings (SSSR count). The number of aryl methyl sites for hydroxylation is 1. The molecule has 0 spiro atoms. The number of carboxylic acids is 1. The first-order chi connectivity index (χ1) is 9.65. The average molecular weight is 270 g/mol. The Morgan fingerprint density at radius 2 is 1.90 bits per heavy atom. The second-order valence-corrected chi connectivity index (χ2v) is 5.49. The second kappa shape index (κ2) is 5.12. The van der Waals surface area contributed by atoms with Gasteiger partial charge in [0.25, 0.3) is 0 Å². The molecule has 2 aromatic rings. The number of benzene rings is 1. The van der Waals surface area contributed by atoms with Crippen LogP contribution < -0.4 is 0 Å². The maximum Gasteiger partial charge on any atom is 0.339 e. The summed E-state index contributed by atoms with van der Waals surface area (Å²) in [5.41, 5.74) is 3.17. The average Bonchev–Trinajstić information content (AvgIpc) is 3.08. The van der Waals surface area contributed by atoms with E-state index in [0.29, 0.717) is 11.5 Å². The first-order valence-corrected chi connectivity index (χ1v) is 7.05. The fourth-order valence-electron chi connectivity index (χ4n) is 2.88. The Labute approximate surface area is 118 Å². The summed E-state index contributed by atoms with van der Waals surface area (Å²) < 4.78 is 1.69. The van der Waals surface area contributed by atoms with Gasteiger partial charge in [-0.15, -0.1) is 0 Å². The van der Waals surface area contributed by atoms with Crippen LogP contribution in [0.25, 0.3) is 5.69 Å². The first kappa shape index (κ1) is 12.9. The van der Waals surface area contributed by atoms with E-state index in [2.05, 4.69) is 5.10 Å². The van der Waals surface area contributed by atoms with Gasteiger partial charge in [-0.25, -0.2) is 9.48 Å². The van der Waals surface area contributed by atoms with Gasteiger partial charge in [0, 0.05) is 12.1 Å². The highest BCUT2D eigenvalue weighted by molar-refractivity contribution is 5.89. The van der Waals surface area contributed by atoms with Crippen LogP contribution in [-0.2, 0) is 0 Å². The molecule has 0 aliphatic heterocycles. The van der Waals surface area contributed by atoms with Gasteiger partial charge >= 0.3 is 5.97 Å². The van der Waals surface area contributed by atoms with Gasteiger partial charge in [-0.3, -0.25) is 0 Å². The van der Waals surface area contributed by atoms with E-state index in [1.165, 1.54) is 18.4 Å². The van der Waals surface area contributed by atoms with Crippen molar-refractivity contribution >= 4 is 5.97 Å². The Morgan fingerprint density at radius 1 is 1.25 bits per heavy atom. The Morgan fingerprint density at radius 3 is 2.50 bits per heavy atom. The molecular formula is C16H18N2O2. The van der Waals surface area contributed by atoms with Gasteiger partial charge in [-0.05, 0) is 31.9 Å². The minimum atomic E-state index is -0.884. The van der Waals surface area contributed by atoms with Crippen molar-refractivity contribution in [2.24, 2.45) is 0 Å². The number of hydrogen-bond donors (Lipinski definition) is 1. The van der Waals surface area contributed by atoms with Crippen molar-refractivity contribution < 1.29 is 9.90 Å². The molecule has 1 heterocycles. The zero-order valence-electron chi connectivity index (χ0n) is 11.5. The van der Waals surface area contributed by atoms with Crippen LogP contribution in [0.2, 0.25) is 0 Å². The standard InChI is InChI=1S/C16H18N2O2/c1-11-6-8-13(9-7-11)18-10-14(16(19)20)15(17-18)12-4-2-3-5-12/h6-10,12H,2-5H2,1H3,(H,19,20). The largest absolute Gasteiger partial charge is 0.478 e. The number of rotatable bonds is 3. The summed E-state index contributed by atoms with van der Waals surface area (Å²) in [4.78, 5) is 11.4. The Balaban J connectivity index is 2.02. The lowest BCUT2D eigenvalue weighted by Crippen LogP contribution is -2.03. The van der Waals surface area contributed by atoms with E-state index < -0.39 is 5.97 Å². The van der Waals surface area contributed by atoms with Gasteiger partial charge in [0.05, 0.1) is 11.4 Å². The molecule has 1 fully saturated rings. The summed E-state index contributed by atoms with van der Waals surface area (Å²) in [6.07, 6.45) is 6.07. The van der Waals surface area contributed by atoms with E-state index in [1.54, 1.807) is 10.9 Å². The van der Waals surface area contributed by atoms with E-state index in [-0.39, 0.29) is 0 Å². The molecule has 1 aliphatic carbocycles. The van der Waals surface area contributed by atoms with Crippen LogP contribution in [0.4, 0.5) is 0 Å². The molecule has 1 aliphatic rings. The van der Waals surface area contributed by atoms with Crippen LogP contribution in [0.3, 0.4) is 0 Å². The molecule has 20 heavy (non-hydrogen) atoms. The van der Waals surface area contributed by atoms with Gasteiger partial charge in [-0.1, -0.05) is 30.5 Å². The molecule has 1 aromatic carbocycles. The van der Waals surface area contributed by atoms with Crippen molar-refractivity contribution in [2.45, 2.75) is 38.5 Å². The van der Waals surface area contributed by atoms with Gasteiger partial charge in [-0.2, -0.15) is 5.10 Å². The topological polar surface area (TPSA) is 55.1 Å². The van der Waals surface area contributed by atoms with Crippen LogP contribution in [0, 0.1) is 6.92 Å². The number of nitrogens with zero attached hydrogens (tertiary/aromatic N) is 2. The van der Waals surface area contributed by atoms with E-state index in [9.17, 15) is 9.90 Å². The predicted molar refractivity (Wildman–Crippen MR) is 76.5 cm³/mol. The normalized spacial score (nSPS) is 15.7. The lowest BCUT2D eigenvalue weighted by Gasteiger charge is -2.06. The number of carboxylic acid groups (broad SMARTS) is 1. The summed E-state index contributed by atoms with van der Waals surface area (Å²) in [5, 5.41) is 13.9. The maximum atomic E-state index is 11.4. The molecule has 0 atom stereocenters. The van der Waals surface area contributed by atoms with Crippen molar-refractivity contribution in [3.05, 3.63) is 47.3 Å². The smallest absolute Gasteiger partial charge is 0.339 e. The molecular weight excluding hydrogens is 252 g/mol. The highest BCUT2D eigenvalue weighted by Crippen LogP contribution is 2.35. The molecule has 0 amide bonds. The third kappa shape index (κ3) is 2.33. The third-order valence-corrected chi connectivity index (χ3v) is 4.01. The quantitative estimate of drug-likeness (QED) is 0.928. The molecule has 1 N–H and O–H groups in total. The van der Waals surface area contributed by atoms with Gasteiger partial charge in [0.2, 0.25) is 0 Å². The van der Waals surface area contributed by atoms with Crippen LogP contribution >= 0.6 is 0 Å². The molecule has 1 aromatic heterocycles. The van der Waals surface area contributed by atoms with E-state index in [4.69, 9.17) is 0 Å². The molecule has 104 valence electrons. The second-order valence-electron chi connectivity index (χ2n) is 5.49. The SMILES string of the molecule is Cc1ccc(-n2cc(C(=O)O)c(C3CCCC3)n2)cc1. The zero-order valence-corrected chi connectivity index (χ0v) is 11.5. The minimum absolute atomic E-state index is 0.299. The summed E-state index contributed by atoms with van der Waals surface area (Å²) in [6.45, 7) is 2.03. The van der Waals surface area contributed by atoms with Crippen molar-refractivity contribution in [1.82, 2.24) is 9.78 Å². The van der Waals surface area contributed by atoms with Gasteiger partial charge < -0.3 is 5.11 Å².